The summed E-state index contributed by atoms with van der Waals surface area (Å²) in [5.41, 5.74) is 13.2. The maximum Gasteiger partial charge on any atom is 0.166 e. The number of benzene rings is 5. The molecule has 1 aromatic heterocycles. The standard InChI is InChI=1S/C42H34N2O/c1-40(2)32-16-8-5-13-26(32)29-20-21-34-39(37(29)40)43(36-19-11-12-22-41(34,36)3)25-23-30-27-14-6-9-17-33(27)42(4,45)44-35-18-10-7-15-28(35)31(24-25)38(30)44/h5-24,36,45H,1-4H3/t36?,41-,42-/m0/s1. The third-order valence-electron chi connectivity index (χ3n) is 11.4. The lowest BCUT2D eigenvalue weighted by atomic mass is 9.74. The molecule has 0 amide bonds. The molecule has 0 saturated carbocycles. The molecule has 0 bridgehead atoms. The van der Waals surface area contributed by atoms with Gasteiger partial charge < -0.3 is 14.6 Å². The van der Waals surface area contributed by atoms with Crippen molar-refractivity contribution in [3.8, 4) is 22.3 Å². The van der Waals surface area contributed by atoms with Crippen molar-refractivity contribution in [1.82, 2.24) is 4.57 Å². The third-order valence-corrected chi connectivity index (χ3v) is 11.4. The first-order chi connectivity index (χ1) is 21.7. The summed E-state index contributed by atoms with van der Waals surface area (Å²) in [5.74, 6) is 0. The molecule has 0 spiro atoms. The zero-order valence-corrected chi connectivity index (χ0v) is 26.0. The van der Waals surface area contributed by atoms with E-state index in [0.717, 1.165) is 27.5 Å². The summed E-state index contributed by atoms with van der Waals surface area (Å²) in [6.07, 6.45) is 9.22. The number of aromatic nitrogens is 1. The van der Waals surface area contributed by atoms with E-state index in [9.17, 15) is 5.11 Å². The fourth-order valence-electron chi connectivity index (χ4n) is 9.42. The topological polar surface area (TPSA) is 28.4 Å². The largest absolute Gasteiger partial charge is 0.367 e. The van der Waals surface area contributed by atoms with E-state index in [2.05, 4.69) is 146 Å². The van der Waals surface area contributed by atoms with Gasteiger partial charge in [-0.2, -0.15) is 0 Å². The van der Waals surface area contributed by atoms with Crippen LogP contribution in [0.2, 0.25) is 0 Å². The minimum absolute atomic E-state index is 0.128. The van der Waals surface area contributed by atoms with Gasteiger partial charge in [0.15, 0.2) is 5.72 Å². The van der Waals surface area contributed by atoms with Gasteiger partial charge in [-0.1, -0.05) is 117 Å². The van der Waals surface area contributed by atoms with Crippen LogP contribution in [0.25, 0.3) is 44.1 Å². The summed E-state index contributed by atoms with van der Waals surface area (Å²) in [6.45, 7) is 9.12. The molecule has 1 N–H and O–H groups in total. The second-order valence-corrected chi connectivity index (χ2v) is 14.2. The summed E-state index contributed by atoms with van der Waals surface area (Å²) in [7, 11) is 0. The molecule has 45 heavy (non-hydrogen) atoms. The van der Waals surface area contributed by atoms with Gasteiger partial charge >= 0.3 is 0 Å². The Kier molecular flexibility index (Phi) is 4.55. The molecule has 1 unspecified atom stereocenters. The van der Waals surface area contributed by atoms with E-state index in [0.29, 0.717) is 0 Å². The van der Waals surface area contributed by atoms with Crippen molar-refractivity contribution < 1.29 is 5.11 Å². The number of para-hydroxylation sites is 1. The van der Waals surface area contributed by atoms with Crippen LogP contribution in [0.15, 0.2) is 121 Å². The molecule has 3 heterocycles. The average Bonchev–Trinajstić information content (AvgIpc) is 3.62. The normalized spacial score (nSPS) is 24.5. The molecule has 3 nitrogen and oxygen atoms in total. The summed E-state index contributed by atoms with van der Waals surface area (Å²) in [5, 5.41) is 14.5. The molecular formula is C42H34N2O. The number of allylic oxidation sites excluding steroid dienone is 2. The molecule has 6 aromatic rings. The fraction of sp³-hybridized carbons (Fsp3) is 0.190. The molecule has 3 atom stereocenters. The van der Waals surface area contributed by atoms with Crippen molar-refractivity contribution in [1.29, 1.82) is 0 Å². The fourth-order valence-corrected chi connectivity index (χ4v) is 9.42. The first-order valence-corrected chi connectivity index (χ1v) is 16.1. The van der Waals surface area contributed by atoms with E-state index in [-0.39, 0.29) is 16.9 Å². The van der Waals surface area contributed by atoms with E-state index in [1.807, 2.05) is 13.0 Å². The Morgan fingerprint density at radius 1 is 0.644 bits per heavy atom. The Morgan fingerprint density at radius 3 is 2.18 bits per heavy atom. The van der Waals surface area contributed by atoms with Crippen molar-refractivity contribution in [2.24, 2.45) is 0 Å². The molecule has 4 aliphatic rings. The summed E-state index contributed by atoms with van der Waals surface area (Å²) in [4.78, 5) is 2.64. The van der Waals surface area contributed by atoms with Crippen molar-refractivity contribution in [2.75, 3.05) is 4.90 Å². The van der Waals surface area contributed by atoms with E-state index >= 15 is 0 Å². The van der Waals surface area contributed by atoms with E-state index in [4.69, 9.17) is 0 Å². The first-order valence-electron chi connectivity index (χ1n) is 16.1. The lowest BCUT2D eigenvalue weighted by molar-refractivity contribution is 0.0334. The second kappa shape index (κ2) is 8.04. The Balaban J connectivity index is 1.34. The van der Waals surface area contributed by atoms with Gasteiger partial charge in [-0.05, 0) is 65.4 Å². The van der Waals surface area contributed by atoms with Crippen LogP contribution in [-0.4, -0.2) is 15.7 Å². The smallest absolute Gasteiger partial charge is 0.166 e. The molecule has 0 radical (unpaired) electrons. The van der Waals surface area contributed by atoms with E-state index < -0.39 is 5.72 Å². The van der Waals surface area contributed by atoms with E-state index in [1.54, 1.807) is 0 Å². The Labute approximate surface area is 263 Å². The highest BCUT2D eigenvalue weighted by atomic mass is 16.3. The average molecular weight is 583 g/mol. The zero-order valence-electron chi connectivity index (χ0n) is 26.0. The third kappa shape index (κ3) is 2.87. The van der Waals surface area contributed by atoms with Crippen molar-refractivity contribution >= 4 is 33.2 Å². The molecule has 2 aliphatic carbocycles. The lowest BCUT2D eigenvalue weighted by Crippen LogP contribution is -2.39. The summed E-state index contributed by atoms with van der Waals surface area (Å²) in [6, 6.07) is 35.5. The van der Waals surface area contributed by atoms with Crippen LogP contribution < -0.4 is 4.90 Å². The zero-order chi connectivity index (χ0) is 30.5. The molecule has 218 valence electrons. The molecule has 2 aliphatic heterocycles. The van der Waals surface area contributed by atoms with Crippen LogP contribution >= 0.6 is 0 Å². The number of fused-ring (bicyclic) bond motifs is 12. The molecule has 0 fully saturated rings. The minimum Gasteiger partial charge on any atom is -0.367 e. The van der Waals surface area contributed by atoms with Crippen LogP contribution in [0.1, 0.15) is 49.9 Å². The highest BCUT2D eigenvalue weighted by Gasteiger charge is 2.51. The number of aliphatic hydroxyl groups is 1. The highest BCUT2D eigenvalue weighted by Crippen LogP contribution is 2.61. The van der Waals surface area contributed by atoms with Crippen molar-refractivity contribution in [3.63, 3.8) is 0 Å². The van der Waals surface area contributed by atoms with E-state index in [1.165, 1.54) is 50.1 Å². The van der Waals surface area contributed by atoms with Crippen LogP contribution in [0.5, 0.6) is 0 Å². The van der Waals surface area contributed by atoms with Gasteiger partial charge in [-0.25, -0.2) is 0 Å². The van der Waals surface area contributed by atoms with Crippen LogP contribution in [0.4, 0.5) is 11.4 Å². The predicted molar refractivity (Wildman–Crippen MR) is 185 cm³/mol. The Hall–Kier alpha value is -4.86. The molecule has 0 saturated heterocycles. The SMILES string of the molecule is CC1(C)c2ccccc2-c2ccc3c(c21)N(c1cc2c4c(c1)c1ccccc1n4[C@@](C)(O)c1ccccc1-2)C1C=CC=C[C@@]31C. The Bertz CT molecular complexity index is 2370. The van der Waals surface area contributed by atoms with Crippen LogP contribution in [0.3, 0.4) is 0 Å². The van der Waals surface area contributed by atoms with Crippen LogP contribution in [-0.2, 0) is 16.6 Å². The first kappa shape index (κ1) is 25.5. The monoisotopic (exact) mass is 582 g/mol. The number of anilines is 2. The van der Waals surface area contributed by atoms with Gasteiger partial charge in [0.2, 0.25) is 0 Å². The lowest BCUT2D eigenvalue weighted by Gasteiger charge is -2.37. The van der Waals surface area contributed by atoms with Crippen LogP contribution in [0, 0.1) is 0 Å². The van der Waals surface area contributed by atoms with Crippen molar-refractivity contribution in [2.45, 2.75) is 50.3 Å². The molecule has 5 aromatic carbocycles. The quantitative estimate of drug-likeness (QED) is 0.209. The number of rotatable bonds is 1. The van der Waals surface area contributed by atoms with Gasteiger partial charge in [0.1, 0.15) is 0 Å². The van der Waals surface area contributed by atoms with Gasteiger partial charge in [-0.3, -0.25) is 0 Å². The summed E-state index contributed by atoms with van der Waals surface area (Å²) < 4.78 is 2.15. The molecule has 10 rings (SSSR count). The van der Waals surface area contributed by atoms with Gasteiger partial charge in [0, 0.05) is 38.4 Å². The number of hydrogen-bond donors (Lipinski definition) is 1. The molecule has 3 heteroatoms. The van der Waals surface area contributed by atoms with Gasteiger partial charge in [0.25, 0.3) is 0 Å². The number of hydrogen-bond acceptors (Lipinski definition) is 2. The highest BCUT2D eigenvalue weighted by molar-refractivity contribution is 6.16. The van der Waals surface area contributed by atoms with Gasteiger partial charge in [0.05, 0.1) is 22.8 Å². The summed E-state index contributed by atoms with van der Waals surface area (Å²) >= 11 is 0. The number of nitrogens with zero attached hydrogens (tertiary/aromatic N) is 2. The minimum atomic E-state index is -1.17. The predicted octanol–water partition coefficient (Wildman–Crippen LogP) is 9.70. The maximum atomic E-state index is 12.2. The Morgan fingerprint density at radius 2 is 1.36 bits per heavy atom. The molecular weight excluding hydrogens is 548 g/mol. The van der Waals surface area contributed by atoms with Crippen molar-refractivity contribution in [3.05, 3.63) is 144 Å². The maximum absolute atomic E-state index is 12.2. The second-order valence-electron chi connectivity index (χ2n) is 14.2. The van der Waals surface area contributed by atoms with Gasteiger partial charge in [-0.15, -0.1) is 0 Å².